The van der Waals surface area contributed by atoms with Crippen molar-refractivity contribution in [3.05, 3.63) is 28.0 Å². The zero-order valence-corrected chi connectivity index (χ0v) is 10.8. The summed E-state index contributed by atoms with van der Waals surface area (Å²) in [6, 6.07) is 3.38. The van der Waals surface area contributed by atoms with Gasteiger partial charge in [-0.05, 0) is 25.1 Å². The zero-order chi connectivity index (χ0) is 13.4. The lowest BCUT2D eigenvalue weighted by Gasteiger charge is -2.02. The molecular weight excluding hydrogens is 254 g/mol. The van der Waals surface area contributed by atoms with Crippen molar-refractivity contribution in [2.45, 2.75) is 6.92 Å². The summed E-state index contributed by atoms with van der Waals surface area (Å²) in [6.07, 6.45) is 2.51. The summed E-state index contributed by atoms with van der Waals surface area (Å²) in [4.78, 5) is 23.3. The molecule has 0 bridgehead atoms. The van der Waals surface area contributed by atoms with Crippen LogP contribution in [0.4, 0.5) is 0 Å². The molecule has 0 radical (unpaired) electrons. The lowest BCUT2D eigenvalue weighted by atomic mass is 10.4. The number of nitrogens with one attached hydrogen (secondary N) is 1. The number of thiophene rings is 1. The molecule has 0 aliphatic heterocycles. The first-order chi connectivity index (χ1) is 8.63. The van der Waals surface area contributed by atoms with E-state index >= 15 is 0 Å². The van der Waals surface area contributed by atoms with Crippen molar-refractivity contribution >= 4 is 29.3 Å². The van der Waals surface area contributed by atoms with E-state index in [0.29, 0.717) is 24.6 Å². The maximum absolute atomic E-state index is 11.7. The van der Waals surface area contributed by atoms with E-state index in [9.17, 15) is 9.59 Å². The molecule has 0 atom stereocenters. The molecule has 0 saturated carbocycles. The second-order valence-electron chi connectivity index (χ2n) is 3.33. The number of amides is 1. The standard InChI is InChI=1S/C12H15NO4S/c1-2-17-8-7-13-12(16)10-5-3-9(18-10)4-6-11(14)15/h3-6H,2,7-8H2,1H3,(H,13,16)(H,14,15). The normalized spacial score (nSPS) is 10.7. The summed E-state index contributed by atoms with van der Waals surface area (Å²) in [5.74, 6) is -1.18. The summed E-state index contributed by atoms with van der Waals surface area (Å²) < 4.78 is 5.10. The van der Waals surface area contributed by atoms with Crippen LogP contribution < -0.4 is 5.32 Å². The summed E-state index contributed by atoms with van der Waals surface area (Å²) in [5, 5.41) is 11.2. The number of carbonyl (C=O) groups is 2. The van der Waals surface area contributed by atoms with Crippen molar-refractivity contribution < 1.29 is 19.4 Å². The topological polar surface area (TPSA) is 75.6 Å². The van der Waals surface area contributed by atoms with Crippen LogP contribution in [0, 0.1) is 0 Å². The molecule has 5 nitrogen and oxygen atoms in total. The second-order valence-corrected chi connectivity index (χ2v) is 4.44. The van der Waals surface area contributed by atoms with Crippen LogP contribution in [0.15, 0.2) is 18.2 Å². The Labute approximate surface area is 109 Å². The van der Waals surface area contributed by atoms with Gasteiger partial charge in [0.1, 0.15) is 0 Å². The summed E-state index contributed by atoms with van der Waals surface area (Å²) in [5.41, 5.74) is 0. The van der Waals surface area contributed by atoms with Crippen molar-refractivity contribution in [1.82, 2.24) is 5.32 Å². The molecule has 0 saturated heterocycles. The highest BCUT2D eigenvalue weighted by molar-refractivity contribution is 7.14. The molecule has 1 aromatic heterocycles. The first kappa shape index (κ1) is 14.4. The highest BCUT2D eigenvalue weighted by atomic mass is 32.1. The third-order valence-electron chi connectivity index (χ3n) is 1.98. The van der Waals surface area contributed by atoms with Crippen molar-refractivity contribution in [1.29, 1.82) is 0 Å². The minimum atomic E-state index is -1.01. The predicted octanol–water partition coefficient (Wildman–Crippen LogP) is 1.61. The first-order valence-electron chi connectivity index (χ1n) is 5.50. The third kappa shape index (κ3) is 5.11. The summed E-state index contributed by atoms with van der Waals surface area (Å²) in [7, 11) is 0. The molecule has 0 aliphatic rings. The number of carboxylic acids is 1. The van der Waals surface area contributed by atoms with Gasteiger partial charge in [0, 0.05) is 24.1 Å². The Morgan fingerprint density at radius 2 is 2.28 bits per heavy atom. The van der Waals surface area contributed by atoms with Crippen molar-refractivity contribution in [2.75, 3.05) is 19.8 Å². The number of rotatable bonds is 7. The number of ether oxygens (including phenoxy) is 1. The SMILES string of the molecule is CCOCCNC(=O)c1ccc(C=CC(=O)O)s1. The molecule has 2 N–H and O–H groups in total. The van der Waals surface area contributed by atoms with Crippen molar-refractivity contribution in [3.63, 3.8) is 0 Å². The Morgan fingerprint density at radius 1 is 1.50 bits per heavy atom. The number of carbonyl (C=O) groups excluding carboxylic acids is 1. The average molecular weight is 269 g/mol. The van der Waals surface area contributed by atoms with Crippen LogP contribution in [0.5, 0.6) is 0 Å². The molecule has 0 spiro atoms. The van der Waals surface area contributed by atoms with Crippen LogP contribution in [0.1, 0.15) is 21.5 Å². The minimum Gasteiger partial charge on any atom is -0.478 e. The van der Waals surface area contributed by atoms with Gasteiger partial charge in [-0.15, -0.1) is 11.3 Å². The molecule has 18 heavy (non-hydrogen) atoms. The largest absolute Gasteiger partial charge is 0.478 e. The van der Waals surface area contributed by atoms with Gasteiger partial charge < -0.3 is 15.2 Å². The average Bonchev–Trinajstić information content (AvgIpc) is 2.80. The molecule has 1 aromatic rings. The first-order valence-corrected chi connectivity index (χ1v) is 6.32. The molecule has 1 rings (SSSR count). The second kappa shape index (κ2) is 7.62. The quantitative estimate of drug-likeness (QED) is 0.582. The molecule has 0 aromatic carbocycles. The van der Waals surface area contributed by atoms with Gasteiger partial charge in [-0.1, -0.05) is 0 Å². The van der Waals surface area contributed by atoms with Crippen LogP contribution >= 0.6 is 11.3 Å². The van der Waals surface area contributed by atoms with Gasteiger partial charge in [-0.2, -0.15) is 0 Å². The van der Waals surface area contributed by atoms with Gasteiger partial charge in [0.2, 0.25) is 0 Å². The highest BCUT2D eigenvalue weighted by Crippen LogP contribution is 2.17. The maximum atomic E-state index is 11.7. The van der Waals surface area contributed by atoms with Crippen molar-refractivity contribution in [2.24, 2.45) is 0 Å². The molecule has 0 fully saturated rings. The summed E-state index contributed by atoms with van der Waals surface area (Å²) in [6.45, 7) is 3.46. The third-order valence-corrected chi connectivity index (χ3v) is 3.03. The Hall–Kier alpha value is -1.66. The van der Waals surface area contributed by atoms with Gasteiger partial charge in [-0.3, -0.25) is 4.79 Å². The highest BCUT2D eigenvalue weighted by Gasteiger charge is 2.07. The Balaban J connectivity index is 2.46. The fraction of sp³-hybridized carbons (Fsp3) is 0.333. The lowest BCUT2D eigenvalue weighted by Crippen LogP contribution is -2.26. The lowest BCUT2D eigenvalue weighted by molar-refractivity contribution is -0.131. The van der Waals surface area contributed by atoms with E-state index in [1.54, 1.807) is 12.1 Å². The van der Waals surface area contributed by atoms with E-state index in [0.717, 1.165) is 11.0 Å². The van der Waals surface area contributed by atoms with Gasteiger partial charge in [0.05, 0.1) is 11.5 Å². The zero-order valence-electron chi connectivity index (χ0n) is 10.0. The monoisotopic (exact) mass is 269 g/mol. The smallest absolute Gasteiger partial charge is 0.328 e. The number of aliphatic carboxylic acids is 1. The van der Waals surface area contributed by atoms with Crippen LogP contribution in [0.2, 0.25) is 0 Å². The van der Waals surface area contributed by atoms with Gasteiger partial charge in [0.25, 0.3) is 5.91 Å². The molecule has 1 amide bonds. The number of hydrogen-bond donors (Lipinski definition) is 2. The van der Waals surface area contributed by atoms with E-state index < -0.39 is 5.97 Å². The molecule has 1 heterocycles. The van der Waals surface area contributed by atoms with Gasteiger partial charge >= 0.3 is 5.97 Å². The molecule has 0 unspecified atom stereocenters. The van der Waals surface area contributed by atoms with Crippen LogP contribution in [-0.4, -0.2) is 36.7 Å². The van der Waals surface area contributed by atoms with Gasteiger partial charge in [0.15, 0.2) is 0 Å². The Morgan fingerprint density at radius 3 is 2.94 bits per heavy atom. The van der Waals surface area contributed by atoms with E-state index in [1.165, 1.54) is 17.4 Å². The van der Waals surface area contributed by atoms with E-state index in [2.05, 4.69) is 5.32 Å². The molecular formula is C12H15NO4S. The molecule has 6 heteroatoms. The number of hydrogen-bond acceptors (Lipinski definition) is 4. The molecule has 0 aliphatic carbocycles. The Bertz CT molecular complexity index is 439. The number of carboxylic acid groups (broad SMARTS) is 1. The van der Waals surface area contributed by atoms with Crippen LogP contribution in [0.25, 0.3) is 6.08 Å². The van der Waals surface area contributed by atoms with Crippen LogP contribution in [0.3, 0.4) is 0 Å². The van der Waals surface area contributed by atoms with Gasteiger partial charge in [-0.25, -0.2) is 4.79 Å². The van der Waals surface area contributed by atoms with E-state index in [-0.39, 0.29) is 5.91 Å². The minimum absolute atomic E-state index is 0.172. The maximum Gasteiger partial charge on any atom is 0.328 e. The predicted molar refractivity (Wildman–Crippen MR) is 69.8 cm³/mol. The van der Waals surface area contributed by atoms with Crippen molar-refractivity contribution in [3.8, 4) is 0 Å². The summed E-state index contributed by atoms with van der Waals surface area (Å²) >= 11 is 1.24. The Kier molecular flexibility index (Phi) is 6.10. The van der Waals surface area contributed by atoms with Crippen LogP contribution in [-0.2, 0) is 9.53 Å². The van der Waals surface area contributed by atoms with E-state index in [4.69, 9.17) is 9.84 Å². The fourth-order valence-corrected chi connectivity index (χ4v) is 2.01. The van der Waals surface area contributed by atoms with E-state index in [1.807, 2.05) is 6.92 Å². The molecule has 98 valence electrons. The fourth-order valence-electron chi connectivity index (χ4n) is 1.19.